The van der Waals surface area contributed by atoms with Crippen molar-refractivity contribution >= 4 is 65.1 Å². The first-order valence-electron chi connectivity index (χ1n) is 22.7. The van der Waals surface area contributed by atoms with Crippen LogP contribution in [-0.4, -0.2) is 14.1 Å². The molecule has 1 aromatic heterocycles. The predicted octanol–water partition coefficient (Wildman–Crippen LogP) is 14.7. The van der Waals surface area contributed by atoms with E-state index in [4.69, 9.17) is 0 Å². The van der Waals surface area contributed by atoms with E-state index in [1.54, 1.807) is 0 Å². The molecule has 0 bridgehead atoms. The van der Waals surface area contributed by atoms with Crippen LogP contribution in [0.15, 0.2) is 261 Å². The SMILES string of the molecule is c1ccc(-c2ccccc2-c2ccc(N(c3ccccc3)c3cccc(-c4ccc(-c5ccc6c(c5)N(c5ccccc5)c5c(c7ccccc7n5-c5ccccc5)[SiH2]6)cc4)c3)cc2)cc1. The maximum atomic E-state index is 2.51. The third kappa shape index (κ3) is 7.11. The molecule has 0 aliphatic carbocycles. The minimum atomic E-state index is -0.818. The summed E-state index contributed by atoms with van der Waals surface area (Å²) in [5.41, 5.74) is 17.8. The third-order valence-electron chi connectivity index (χ3n) is 13.0. The summed E-state index contributed by atoms with van der Waals surface area (Å²) < 4.78 is 2.48. The highest BCUT2D eigenvalue weighted by molar-refractivity contribution is 6.74. The minimum absolute atomic E-state index is 0.818. The van der Waals surface area contributed by atoms with E-state index in [-0.39, 0.29) is 0 Å². The first kappa shape index (κ1) is 39.2. The molecule has 0 saturated heterocycles. The summed E-state index contributed by atoms with van der Waals surface area (Å²) in [6.07, 6.45) is 0. The first-order chi connectivity index (χ1) is 32.7. The molecule has 3 nitrogen and oxygen atoms in total. The molecule has 2 heterocycles. The van der Waals surface area contributed by atoms with Crippen LogP contribution < -0.4 is 20.2 Å². The highest BCUT2D eigenvalue weighted by Crippen LogP contribution is 2.42. The molecule has 0 atom stereocenters. The van der Waals surface area contributed by atoms with Gasteiger partial charge < -0.3 is 4.90 Å². The van der Waals surface area contributed by atoms with Crippen LogP contribution in [0.3, 0.4) is 0 Å². The molecule has 12 rings (SSSR count). The van der Waals surface area contributed by atoms with Crippen molar-refractivity contribution in [3.8, 4) is 50.2 Å². The number of nitrogens with zero attached hydrogens (tertiary/aromatic N) is 3. The molecule has 312 valence electrons. The average molecular weight is 860 g/mol. The summed E-state index contributed by atoms with van der Waals surface area (Å²) in [7, 11) is -0.818. The van der Waals surface area contributed by atoms with Crippen LogP contribution in [0.5, 0.6) is 0 Å². The van der Waals surface area contributed by atoms with E-state index in [0.717, 1.165) is 22.7 Å². The summed E-state index contributed by atoms with van der Waals surface area (Å²) in [5.74, 6) is 1.26. The number of fused-ring (bicyclic) bond motifs is 4. The highest BCUT2D eigenvalue weighted by Gasteiger charge is 2.31. The van der Waals surface area contributed by atoms with E-state index >= 15 is 0 Å². The largest absolute Gasteiger partial charge is 0.310 e. The van der Waals surface area contributed by atoms with Gasteiger partial charge in [-0.2, -0.15) is 0 Å². The van der Waals surface area contributed by atoms with Gasteiger partial charge in [0.1, 0.15) is 5.82 Å². The molecule has 0 radical (unpaired) electrons. The van der Waals surface area contributed by atoms with Crippen LogP contribution in [0.25, 0.3) is 61.1 Å². The quantitative estimate of drug-likeness (QED) is 0.134. The standard InChI is InChI=1S/C62H45N3Si/c1-5-18-46(19-6-1)55-28-13-14-29-56(55)47-36-39-53(40-37-47)63(50-21-7-2-8-22-50)54-27-17-20-48(42-54)44-32-34-45(35-33-44)49-38-41-60-59(43-49)65(52-25-11-4-12-26-52)62-61(66-60)57-30-15-16-31-58(57)64(62)51-23-9-3-10-24-51/h1-43H,66H2. The zero-order chi connectivity index (χ0) is 43.8. The van der Waals surface area contributed by atoms with Crippen molar-refractivity contribution in [2.24, 2.45) is 0 Å². The van der Waals surface area contributed by atoms with Crippen molar-refractivity contribution in [2.45, 2.75) is 0 Å². The normalized spacial score (nSPS) is 12.2. The van der Waals surface area contributed by atoms with Crippen LogP contribution in [0.2, 0.25) is 0 Å². The number of rotatable bonds is 9. The lowest BCUT2D eigenvalue weighted by Crippen LogP contribution is -2.40. The Morgan fingerprint density at radius 2 is 0.818 bits per heavy atom. The van der Waals surface area contributed by atoms with E-state index < -0.39 is 9.52 Å². The van der Waals surface area contributed by atoms with E-state index in [9.17, 15) is 0 Å². The van der Waals surface area contributed by atoms with Crippen molar-refractivity contribution < 1.29 is 0 Å². The van der Waals surface area contributed by atoms with E-state index in [0.29, 0.717) is 0 Å². The molecule has 4 heteroatoms. The minimum Gasteiger partial charge on any atom is -0.310 e. The van der Waals surface area contributed by atoms with Gasteiger partial charge in [-0.05, 0) is 128 Å². The fraction of sp³-hybridized carbons (Fsp3) is 0. The van der Waals surface area contributed by atoms with Gasteiger partial charge in [0, 0.05) is 39.5 Å². The summed E-state index contributed by atoms with van der Waals surface area (Å²) in [6, 6.07) is 94.8. The Balaban J connectivity index is 0.885. The Morgan fingerprint density at radius 3 is 1.50 bits per heavy atom. The molecule has 0 N–H and O–H groups in total. The molecule has 1 aliphatic rings. The molecule has 10 aromatic carbocycles. The Hall–Kier alpha value is -8.44. The maximum absolute atomic E-state index is 2.51. The first-order valence-corrected chi connectivity index (χ1v) is 24.1. The number of aromatic nitrogens is 1. The topological polar surface area (TPSA) is 11.4 Å². The van der Waals surface area contributed by atoms with E-state index in [2.05, 4.69) is 275 Å². The zero-order valence-electron chi connectivity index (χ0n) is 36.4. The van der Waals surface area contributed by atoms with Crippen LogP contribution in [-0.2, 0) is 0 Å². The second-order valence-electron chi connectivity index (χ2n) is 16.9. The van der Waals surface area contributed by atoms with Gasteiger partial charge >= 0.3 is 0 Å². The average Bonchev–Trinajstić information content (AvgIpc) is 3.73. The molecular weight excluding hydrogens is 815 g/mol. The number of benzene rings is 10. The summed E-state index contributed by atoms with van der Waals surface area (Å²) in [6.45, 7) is 0. The highest BCUT2D eigenvalue weighted by atomic mass is 28.2. The summed E-state index contributed by atoms with van der Waals surface area (Å²) >= 11 is 0. The lowest BCUT2D eigenvalue weighted by atomic mass is 9.94. The second-order valence-corrected chi connectivity index (χ2v) is 18.8. The van der Waals surface area contributed by atoms with Gasteiger partial charge in [0.05, 0.1) is 15.0 Å². The second kappa shape index (κ2) is 16.9. The van der Waals surface area contributed by atoms with Crippen molar-refractivity contribution in [3.63, 3.8) is 0 Å². The van der Waals surface area contributed by atoms with Crippen molar-refractivity contribution in [1.29, 1.82) is 0 Å². The van der Waals surface area contributed by atoms with Crippen LogP contribution in [0.1, 0.15) is 0 Å². The number of hydrogen-bond acceptors (Lipinski definition) is 2. The van der Waals surface area contributed by atoms with Crippen molar-refractivity contribution in [3.05, 3.63) is 261 Å². The molecule has 0 fully saturated rings. The van der Waals surface area contributed by atoms with Gasteiger partial charge in [-0.15, -0.1) is 0 Å². The smallest absolute Gasteiger partial charge is 0.122 e. The Bertz CT molecular complexity index is 3480. The van der Waals surface area contributed by atoms with Gasteiger partial charge in [-0.25, -0.2) is 0 Å². The zero-order valence-corrected chi connectivity index (χ0v) is 37.8. The lowest BCUT2D eigenvalue weighted by molar-refractivity contribution is 1.08. The molecule has 0 spiro atoms. The lowest BCUT2D eigenvalue weighted by Gasteiger charge is -2.34. The van der Waals surface area contributed by atoms with Crippen LogP contribution >= 0.6 is 0 Å². The molecule has 0 amide bonds. The predicted molar refractivity (Wildman–Crippen MR) is 282 cm³/mol. The molecule has 0 unspecified atom stereocenters. The summed E-state index contributed by atoms with van der Waals surface area (Å²) in [4.78, 5) is 4.86. The molecule has 0 saturated carbocycles. The fourth-order valence-corrected chi connectivity index (χ4v) is 11.9. The van der Waals surface area contributed by atoms with Gasteiger partial charge in [0.25, 0.3) is 0 Å². The monoisotopic (exact) mass is 859 g/mol. The van der Waals surface area contributed by atoms with Crippen LogP contribution in [0, 0.1) is 0 Å². The third-order valence-corrected chi connectivity index (χ3v) is 15.0. The van der Waals surface area contributed by atoms with Gasteiger partial charge in [-0.3, -0.25) is 9.47 Å². The van der Waals surface area contributed by atoms with Crippen molar-refractivity contribution in [2.75, 3.05) is 9.80 Å². The Labute approximate surface area is 388 Å². The summed E-state index contributed by atoms with van der Waals surface area (Å²) in [5, 5.41) is 4.29. The van der Waals surface area contributed by atoms with Crippen molar-refractivity contribution in [1.82, 2.24) is 4.57 Å². The van der Waals surface area contributed by atoms with Gasteiger partial charge in [0.15, 0.2) is 0 Å². The van der Waals surface area contributed by atoms with Crippen LogP contribution in [0.4, 0.5) is 34.3 Å². The Morgan fingerprint density at radius 1 is 0.333 bits per heavy atom. The fourth-order valence-electron chi connectivity index (χ4n) is 9.88. The molecule has 66 heavy (non-hydrogen) atoms. The van der Waals surface area contributed by atoms with Gasteiger partial charge in [0.2, 0.25) is 0 Å². The molecule has 1 aliphatic heterocycles. The number of para-hydroxylation sites is 4. The van der Waals surface area contributed by atoms with E-state index in [1.165, 1.54) is 83.0 Å². The maximum Gasteiger partial charge on any atom is 0.122 e. The molecular formula is C62H45N3Si. The Kier molecular flexibility index (Phi) is 10.0. The number of hydrogen-bond donors (Lipinski definition) is 0. The van der Waals surface area contributed by atoms with Gasteiger partial charge in [-0.1, -0.05) is 188 Å². The molecule has 11 aromatic rings. The number of anilines is 6. The van der Waals surface area contributed by atoms with E-state index in [1.807, 2.05) is 0 Å².